The quantitative estimate of drug-likeness (QED) is 0.920. The van der Waals surface area contributed by atoms with Gasteiger partial charge in [0, 0.05) is 24.6 Å². The molecule has 0 aliphatic carbocycles. The summed E-state index contributed by atoms with van der Waals surface area (Å²) in [6.45, 7) is 2.00. The highest BCUT2D eigenvalue weighted by Gasteiger charge is 2.09. The molecular weight excluding hydrogens is 256 g/mol. The predicted octanol–water partition coefficient (Wildman–Crippen LogP) is 1.77. The van der Waals surface area contributed by atoms with Crippen LogP contribution < -0.4 is 5.56 Å². The molecule has 0 radical (unpaired) electrons. The molecule has 0 saturated heterocycles. The van der Waals surface area contributed by atoms with Crippen LogP contribution in [0.2, 0.25) is 0 Å². The minimum atomic E-state index is -0.916. The van der Waals surface area contributed by atoms with E-state index in [1.165, 1.54) is 4.68 Å². The number of carbonyl (C=O) groups is 1. The molecule has 0 unspecified atom stereocenters. The topological polar surface area (TPSA) is 72.2 Å². The molecule has 0 fully saturated rings. The lowest BCUT2D eigenvalue weighted by atomic mass is 10.1. The van der Waals surface area contributed by atoms with Crippen molar-refractivity contribution in [3.05, 3.63) is 51.8 Å². The Morgan fingerprint density at radius 3 is 2.55 bits per heavy atom. The normalized spacial score (nSPS) is 10.5. The van der Waals surface area contributed by atoms with Crippen LogP contribution >= 0.6 is 0 Å². The summed E-state index contributed by atoms with van der Waals surface area (Å²) in [4.78, 5) is 22.6. The maximum absolute atomic E-state index is 11.9. The molecule has 0 amide bonds. The van der Waals surface area contributed by atoms with Crippen LogP contribution in [-0.2, 0) is 18.3 Å². The fraction of sp³-hybridized carbons (Fsp3) is 0.267. The molecule has 5 nitrogen and oxygen atoms in total. The first-order valence-electron chi connectivity index (χ1n) is 6.33. The minimum absolute atomic E-state index is 0.0629. The van der Waals surface area contributed by atoms with Crippen molar-refractivity contribution < 1.29 is 9.90 Å². The highest BCUT2D eigenvalue weighted by molar-refractivity contribution is 5.67. The van der Waals surface area contributed by atoms with Crippen molar-refractivity contribution in [2.45, 2.75) is 19.8 Å². The number of benzene rings is 1. The van der Waals surface area contributed by atoms with E-state index < -0.39 is 5.97 Å². The van der Waals surface area contributed by atoms with Crippen LogP contribution in [0.3, 0.4) is 0 Å². The van der Waals surface area contributed by atoms with Crippen molar-refractivity contribution in [2.24, 2.45) is 7.05 Å². The number of carboxylic acid groups (broad SMARTS) is 1. The van der Waals surface area contributed by atoms with E-state index in [-0.39, 0.29) is 18.4 Å². The Balaban J connectivity index is 2.42. The molecule has 0 aliphatic rings. The molecule has 1 N–H and O–H groups in total. The van der Waals surface area contributed by atoms with Crippen molar-refractivity contribution in [3.8, 4) is 11.3 Å². The van der Waals surface area contributed by atoms with Gasteiger partial charge in [-0.2, -0.15) is 5.10 Å². The fourth-order valence-electron chi connectivity index (χ4n) is 1.96. The Hall–Kier alpha value is -2.43. The SMILES string of the molecule is Cc1ccc(-c2cc(CCC(=O)O)c(=O)n(C)n2)cc1. The Morgan fingerprint density at radius 1 is 1.30 bits per heavy atom. The first-order valence-corrected chi connectivity index (χ1v) is 6.33. The van der Waals surface area contributed by atoms with Crippen LogP contribution in [0.15, 0.2) is 35.1 Å². The zero-order valence-electron chi connectivity index (χ0n) is 11.5. The van der Waals surface area contributed by atoms with E-state index in [2.05, 4.69) is 5.10 Å². The molecule has 5 heteroatoms. The van der Waals surface area contributed by atoms with Gasteiger partial charge in [-0.05, 0) is 19.4 Å². The average molecular weight is 272 g/mol. The molecule has 2 rings (SSSR count). The molecule has 1 heterocycles. The number of carboxylic acids is 1. The summed E-state index contributed by atoms with van der Waals surface area (Å²) in [7, 11) is 1.57. The molecule has 0 aliphatic heterocycles. The van der Waals surface area contributed by atoms with Gasteiger partial charge in [0.1, 0.15) is 0 Å². The van der Waals surface area contributed by atoms with E-state index in [9.17, 15) is 9.59 Å². The van der Waals surface area contributed by atoms with Gasteiger partial charge in [-0.25, -0.2) is 4.68 Å². The molecule has 20 heavy (non-hydrogen) atoms. The molecule has 0 saturated carbocycles. The van der Waals surface area contributed by atoms with Crippen LogP contribution in [0.4, 0.5) is 0 Å². The van der Waals surface area contributed by atoms with Crippen molar-refractivity contribution >= 4 is 5.97 Å². The van der Waals surface area contributed by atoms with E-state index >= 15 is 0 Å². The Kier molecular flexibility index (Phi) is 3.98. The van der Waals surface area contributed by atoms with Gasteiger partial charge in [0.15, 0.2) is 0 Å². The van der Waals surface area contributed by atoms with Crippen LogP contribution in [0.5, 0.6) is 0 Å². The number of aryl methyl sites for hydroxylation is 3. The monoisotopic (exact) mass is 272 g/mol. The Bertz CT molecular complexity index is 687. The zero-order valence-corrected chi connectivity index (χ0v) is 11.5. The van der Waals surface area contributed by atoms with Crippen LogP contribution in [0.25, 0.3) is 11.3 Å². The van der Waals surface area contributed by atoms with E-state index in [4.69, 9.17) is 5.11 Å². The first-order chi connectivity index (χ1) is 9.47. The van der Waals surface area contributed by atoms with Crippen molar-refractivity contribution in [3.63, 3.8) is 0 Å². The van der Waals surface area contributed by atoms with Gasteiger partial charge in [0.05, 0.1) is 5.69 Å². The molecule has 0 spiro atoms. The number of hydrogen-bond donors (Lipinski definition) is 1. The number of rotatable bonds is 4. The second-order valence-electron chi connectivity index (χ2n) is 4.74. The Labute approximate surface area is 116 Å². The standard InChI is InChI=1S/C15H16N2O3/c1-10-3-5-11(6-4-10)13-9-12(7-8-14(18)19)15(20)17(2)16-13/h3-6,9H,7-8H2,1-2H3,(H,18,19). The number of hydrogen-bond acceptors (Lipinski definition) is 3. The summed E-state index contributed by atoms with van der Waals surface area (Å²) < 4.78 is 1.26. The summed E-state index contributed by atoms with van der Waals surface area (Å²) in [5.41, 5.74) is 2.95. The summed E-state index contributed by atoms with van der Waals surface area (Å²) in [6.07, 6.45) is 0.149. The van der Waals surface area contributed by atoms with Gasteiger partial charge in [0.2, 0.25) is 0 Å². The van der Waals surface area contributed by atoms with Gasteiger partial charge >= 0.3 is 5.97 Å². The van der Waals surface area contributed by atoms with Gasteiger partial charge in [0.25, 0.3) is 5.56 Å². The van der Waals surface area contributed by atoms with Gasteiger partial charge in [-0.15, -0.1) is 0 Å². The smallest absolute Gasteiger partial charge is 0.303 e. The summed E-state index contributed by atoms with van der Waals surface area (Å²) in [6, 6.07) is 9.49. The molecule has 1 aromatic heterocycles. The van der Waals surface area contributed by atoms with E-state index in [0.717, 1.165) is 11.1 Å². The summed E-state index contributed by atoms with van der Waals surface area (Å²) in [5, 5.41) is 12.9. The zero-order chi connectivity index (χ0) is 14.7. The molecular formula is C15H16N2O3. The summed E-state index contributed by atoms with van der Waals surface area (Å²) in [5.74, 6) is -0.916. The summed E-state index contributed by atoms with van der Waals surface area (Å²) >= 11 is 0. The maximum atomic E-state index is 11.9. The van der Waals surface area contributed by atoms with E-state index in [0.29, 0.717) is 11.3 Å². The van der Waals surface area contributed by atoms with Crippen molar-refractivity contribution in [1.29, 1.82) is 0 Å². The average Bonchev–Trinajstić information content (AvgIpc) is 2.41. The predicted molar refractivity (Wildman–Crippen MR) is 75.6 cm³/mol. The third-order valence-electron chi connectivity index (χ3n) is 3.09. The minimum Gasteiger partial charge on any atom is -0.481 e. The fourth-order valence-corrected chi connectivity index (χ4v) is 1.96. The first kappa shape index (κ1) is 14.0. The van der Waals surface area contributed by atoms with Crippen molar-refractivity contribution in [2.75, 3.05) is 0 Å². The van der Waals surface area contributed by atoms with Gasteiger partial charge < -0.3 is 5.11 Å². The number of aliphatic carboxylic acids is 1. The molecule has 0 bridgehead atoms. The largest absolute Gasteiger partial charge is 0.481 e. The maximum Gasteiger partial charge on any atom is 0.303 e. The van der Waals surface area contributed by atoms with Gasteiger partial charge in [-0.1, -0.05) is 29.8 Å². The molecule has 2 aromatic rings. The number of nitrogens with zero attached hydrogens (tertiary/aromatic N) is 2. The van der Waals surface area contributed by atoms with Crippen LogP contribution in [-0.4, -0.2) is 20.9 Å². The lowest BCUT2D eigenvalue weighted by Gasteiger charge is -2.07. The van der Waals surface area contributed by atoms with E-state index in [1.54, 1.807) is 13.1 Å². The van der Waals surface area contributed by atoms with Crippen molar-refractivity contribution in [1.82, 2.24) is 9.78 Å². The van der Waals surface area contributed by atoms with Gasteiger partial charge in [-0.3, -0.25) is 9.59 Å². The second-order valence-corrected chi connectivity index (χ2v) is 4.74. The Morgan fingerprint density at radius 2 is 1.95 bits per heavy atom. The van der Waals surface area contributed by atoms with Crippen LogP contribution in [0.1, 0.15) is 17.5 Å². The van der Waals surface area contributed by atoms with Crippen LogP contribution in [0, 0.1) is 6.92 Å². The highest BCUT2D eigenvalue weighted by atomic mass is 16.4. The highest BCUT2D eigenvalue weighted by Crippen LogP contribution is 2.17. The lowest BCUT2D eigenvalue weighted by molar-refractivity contribution is -0.136. The number of aromatic nitrogens is 2. The molecule has 1 aromatic carbocycles. The third kappa shape index (κ3) is 3.12. The third-order valence-corrected chi connectivity index (χ3v) is 3.09. The lowest BCUT2D eigenvalue weighted by Crippen LogP contribution is -2.24. The van der Waals surface area contributed by atoms with E-state index in [1.807, 2.05) is 31.2 Å². The second kappa shape index (κ2) is 5.69. The molecule has 104 valence electrons. The molecule has 0 atom stereocenters.